The number of aromatic nitrogens is 2. The number of imidazole rings is 1. The van der Waals surface area contributed by atoms with Crippen molar-refractivity contribution in [1.82, 2.24) is 15.3 Å². The lowest BCUT2D eigenvalue weighted by Gasteiger charge is -2.20. The molecule has 3 aromatic rings. The van der Waals surface area contributed by atoms with Gasteiger partial charge in [-0.1, -0.05) is 26.0 Å². The third-order valence-corrected chi connectivity index (χ3v) is 4.70. The van der Waals surface area contributed by atoms with Gasteiger partial charge in [-0.2, -0.15) is 0 Å². The average molecular weight is 397 g/mol. The van der Waals surface area contributed by atoms with Gasteiger partial charge in [0, 0.05) is 12.1 Å². The van der Waals surface area contributed by atoms with E-state index in [9.17, 15) is 4.79 Å². The highest BCUT2D eigenvalue weighted by Crippen LogP contribution is 2.35. The van der Waals surface area contributed by atoms with E-state index < -0.39 is 0 Å². The van der Waals surface area contributed by atoms with Gasteiger partial charge in [-0.3, -0.25) is 4.79 Å². The van der Waals surface area contributed by atoms with E-state index >= 15 is 0 Å². The Morgan fingerprint density at radius 3 is 2.31 bits per heavy atom. The molecule has 0 saturated heterocycles. The molecule has 7 nitrogen and oxygen atoms in total. The third-order valence-electron chi connectivity index (χ3n) is 4.70. The molecule has 0 aliphatic heterocycles. The van der Waals surface area contributed by atoms with Crippen LogP contribution in [-0.4, -0.2) is 37.2 Å². The predicted octanol–water partition coefficient (Wildman–Crippen LogP) is 4.11. The fourth-order valence-electron chi connectivity index (χ4n) is 3.29. The number of carbonyl (C=O) groups excluding carboxylic acids is 1. The molecule has 1 aromatic heterocycles. The van der Waals surface area contributed by atoms with Crippen molar-refractivity contribution in [2.75, 3.05) is 21.3 Å². The monoisotopic (exact) mass is 397 g/mol. The number of carbonyl (C=O) groups is 1. The number of ether oxygens (including phenoxy) is 3. The molecule has 1 heterocycles. The third kappa shape index (κ3) is 4.45. The van der Waals surface area contributed by atoms with Crippen LogP contribution >= 0.6 is 0 Å². The normalized spacial score (nSPS) is 12.1. The van der Waals surface area contributed by atoms with Gasteiger partial charge in [-0.15, -0.1) is 0 Å². The Morgan fingerprint density at radius 2 is 1.69 bits per heavy atom. The number of aromatic amines is 1. The number of benzene rings is 2. The first-order valence-electron chi connectivity index (χ1n) is 9.52. The summed E-state index contributed by atoms with van der Waals surface area (Å²) in [6.07, 6.45) is 0.737. The summed E-state index contributed by atoms with van der Waals surface area (Å²) < 4.78 is 16.0. The van der Waals surface area contributed by atoms with Crippen LogP contribution in [0.3, 0.4) is 0 Å². The van der Waals surface area contributed by atoms with Crippen molar-refractivity contribution in [1.29, 1.82) is 0 Å². The molecule has 0 aliphatic carbocycles. The van der Waals surface area contributed by atoms with E-state index in [1.165, 1.54) is 21.3 Å². The fourth-order valence-corrected chi connectivity index (χ4v) is 3.29. The highest BCUT2D eigenvalue weighted by atomic mass is 16.5. The molecule has 0 fully saturated rings. The van der Waals surface area contributed by atoms with Gasteiger partial charge in [0.2, 0.25) is 0 Å². The van der Waals surface area contributed by atoms with Gasteiger partial charge >= 0.3 is 0 Å². The summed E-state index contributed by atoms with van der Waals surface area (Å²) in [6, 6.07) is 10.8. The molecule has 2 aromatic carbocycles. The largest absolute Gasteiger partial charge is 0.496 e. The van der Waals surface area contributed by atoms with E-state index in [0.29, 0.717) is 28.7 Å². The number of hydrogen-bond acceptors (Lipinski definition) is 5. The van der Waals surface area contributed by atoms with Crippen LogP contribution in [0.1, 0.15) is 42.5 Å². The van der Waals surface area contributed by atoms with Gasteiger partial charge in [-0.05, 0) is 24.5 Å². The zero-order valence-corrected chi connectivity index (χ0v) is 17.4. The van der Waals surface area contributed by atoms with Crippen LogP contribution < -0.4 is 19.5 Å². The summed E-state index contributed by atoms with van der Waals surface area (Å²) in [5, 5.41) is 3.10. The number of nitrogens with one attached hydrogen (secondary N) is 2. The van der Waals surface area contributed by atoms with Crippen molar-refractivity contribution in [3.05, 3.63) is 47.8 Å². The minimum absolute atomic E-state index is 0.270. The van der Waals surface area contributed by atoms with Crippen LogP contribution in [0.4, 0.5) is 0 Å². The van der Waals surface area contributed by atoms with Crippen LogP contribution in [0.15, 0.2) is 36.4 Å². The van der Waals surface area contributed by atoms with Gasteiger partial charge in [0.25, 0.3) is 5.91 Å². The van der Waals surface area contributed by atoms with E-state index in [-0.39, 0.29) is 11.9 Å². The van der Waals surface area contributed by atoms with Crippen molar-refractivity contribution in [2.24, 2.45) is 5.92 Å². The van der Waals surface area contributed by atoms with Gasteiger partial charge in [-0.25, -0.2) is 4.98 Å². The number of nitrogens with zero attached hydrogens (tertiary/aromatic N) is 1. The van der Waals surface area contributed by atoms with Crippen LogP contribution in [0.5, 0.6) is 17.2 Å². The van der Waals surface area contributed by atoms with Crippen LogP contribution in [-0.2, 0) is 0 Å². The maximum absolute atomic E-state index is 13.1. The van der Waals surface area contributed by atoms with Crippen molar-refractivity contribution in [3.8, 4) is 17.2 Å². The highest BCUT2D eigenvalue weighted by Gasteiger charge is 2.24. The molecule has 0 bridgehead atoms. The lowest BCUT2D eigenvalue weighted by molar-refractivity contribution is 0.0926. The molecule has 0 aliphatic rings. The number of H-pyrrole nitrogens is 1. The van der Waals surface area contributed by atoms with Crippen LogP contribution in [0, 0.1) is 5.92 Å². The summed E-state index contributed by atoms with van der Waals surface area (Å²) in [5.74, 6) is 2.19. The first-order valence-corrected chi connectivity index (χ1v) is 9.52. The van der Waals surface area contributed by atoms with Gasteiger partial charge in [0.15, 0.2) is 11.5 Å². The summed E-state index contributed by atoms with van der Waals surface area (Å²) in [4.78, 5) is 21.1. The molecule has 29 heavy (non-hydrogen) atoms. The molecule has 3 rings (SSSR count). The maximum Gasteiger partial charge on any atom is 0.255 e. The molecule has 1 amide bonds. The lowest BCUT2D eigenvalue weighted by Crippen LogP contribution is -2.30. The summed E-state index contributed by atoms with van der Waals surface area (Å²) >= 11 is 0. The zero-order chi connectivity index (χ0) is 21.0. The maximum atomic E-state index is 13.1. The molecular weight excluding hydrogens is 370 g/mol. The summed E-state index contributed by atoms with van der Waals surface area (Å²) in [6.45, 7) is 4.22. The van der Waals surface area contributed by atoms with Crippen molar-refractivity contribution in [3.63, 3.8) is 0 Å². The molecule has 2 N–H and O–H groups in total. The topological polar surface area (TPSA) is 85.5 Å². The molecule has 154 valence electrons. The van der Waals surface area contributed by atoms with Gasteiger partial charge in [0.05, 0.1) is 44.0 Å². The van der Waals surface area contributed by atoms with E-state index in [1.807, 2.05) is 24.3 Å². The second kappa shape index (κ2) is 8.86. The Balaban J connectivity index is 1.94. The minimum atomic E-state index is -0.271. The smallest absolute Gasteiger partial charge is 0.255 e. The molecule has 0 spiro atoms. The number of hydrogen-bond donors (Lipinski definition) is 2. The summed E-state index contributed by atoms with van der Waals surface area (Å²) in [7, 11) is 4.59. The predicted molar refractivity (Wildman–Crippen MR) is 112 cm³/mol. The molecule has 7 heteroatoms. The lowest BCUT2D eigenvalue weighted by atomic mass is 10.0. The SMILES string of the molecule is COc1cc(OC)c(C(=O)N[C@H](CC(C)C)c2nc3ccccc3[nH]2)cc1OC. The van der Waals surface area contributed by atoms with E-state index in [4.69, 9.17) is 14.2 Å². The Kier molecular flexibility index (Phi) is 6.26. The first kappa shape index (κ1) is 20.5. The quantitative estimate of drug-likeness (QED) is 0.598. The first-order chi connectivity index (χ1) is 14.0. The van der Waals surface area contributed by atoms with Crippen LogP contribution in [0.25, 0.3) is 11.0 Å². The molecule has 0 radical (unpaired) electrons. The number of fused-ring (bicyclic) bond motifs is 1. The number of rotatable bonds is 8. The average Bonchev–Trinajstić information content (AvgIpc) is 3.16. The Labute approximate surface area is 170 Å². The number of amides is 1. The number of methoxy groups -OCH3 is 3. The Morgan fingerprint density at radius 1 is 1.03 bits per heavy atom. The molecular formula is C22H27N3O4. The van der Waals surface area contributed by atoms with Crippen molar-refractivity contribution in [2.45, 2.75) is 26.3 Å². The van der Waals surface area contributed by atoms with E-state index in [2.05, 4.69) is 29.1 Å². The molecule has 1 atom stereocenters. The summed E-state index contributed by atoms with van der Waals surface area (Å²) in [5.41, 5.74) is 2.18. The molecule has 0 saturated carbocycles. The van der Waals surface area contributed by atoms with Crippen LogP contribution in [0.2, 0.25) is 0 Å². The van der Waals surface area contributed by atoms with Crippen molar-refractivity contribution >= 4 is 16.9 Å². The van der Waals surface area contributed by atoms with E-state index in [1.54, 1.807) is 12.1 Å². The minimum Gasteiger partial charge on any atom is -0.496 e. The standard InChI is InChI=1S/C22H27N3O4/c1-13(2)10-17(21-23-15-8-6-7-9-16(15)24-21)25-22(26)14-11-19(28-4)20(29-5)12-18(14)27-3/h6-9,11-13,17H,10H2,1-5H3,(H,23,24)(H,25,26)/t17-/m1/s1. The van der Waals surface area contributed by atoms with E-state index in [0.717, 1.165) is 23.3 Å². The second-order valence-corrected chi connectivity index (χ2v) is 7.20. The second-order valence-electron chi connectivity index (χ2n) is 7.20. The fraction of sp³-hybridized carbons (Fsp3) is 0.364. The number of para-hydroxylation sites is 2. The van der Waals surface area contributed by atoms with Crippen molar-refractivity contribution < 1.29 is 19.0 Å². The highest BCUT2D eigenvalue weighted by molar-refractivity contribution is 5.98. The van der Waals surface area contributed by atoms with Gasteiger partial charge < -0.3 is 24.5 Å². The zero-order valence-electron chi connectivity index (χ0n) is 17.4. The van der Waals surface area contributed by atoms with Gasteiger partial charge in [0.1, 0.15) is 11.6 Å². The molecule has 0 unspecified atom stereocenters. The Hall–Kier alpha value is -3.22. The Bertz CT molecular complexity index is 964.